The van der Waals surface area contributed by atoms with Gasteiger partial charge in [-0.1, -0.05) is 30.3 Å². The van der Waals surface area contributed by atoms with Crippen molar-refractivity contribution in [2.75, 3.05) is 32.2 Å². The Balaban J connectivity index is 2.19. The van der Waals surface area contributed by atoms with Crippen LogP contribution in [-0.2, 0) is 6.54 Å². The maximum atomic E-state index is 12.6. The van der Waals surface area contributed by atoms with Crippen LogP contribution in [-0.4, -0.2) is 37.8 Å². The Morgan fingerprint density at radius 1 is 0.926 bits per heavy atom. The van der Waals surface area contributed by atoms with E-state index in [0.29, 0.717) is 49.3 Å². The Kier molecular flexibility index (Phi) is 7.79. The van der Waals surface area contributed by atoms with Crippen LogP contribution in [0, 0.1) is 0 Å². The molecule has 27 heavy (non-hydrogen) atoms. The number of carbonyl (C=O) groups excluding carboxylic acids is 1. The Bertz CT molecular complexity index is 707. The normalized spacial score (nSPS) is 10.2. The van der Waals surface area contributed by atoms with Crippen molar-refractivity contribution in [3.8, 4) is 17.2 Å². The van der Waals surface area contributed by atoms with Crippen LogP contribution in [0.2, 0.25) is 0 Å². The fourth-order valence-corrected chi connectivity index (χ4v) is 2.61. The maximum Gasteiger partial charge on any atom is 0.321 e. The molecule has 2 aromatic rings. The zero-order valence-electron chi connectivity index (χ0n) is 16.5. The first kappa shape index (κ1) is 20.4. The molecule has 146 valence electrons. The van der Waals surface area contributed by atoms with E-state index in [4.69, 9.17) is 14.2 Å². The topological polar surface area (TPSA) is 60.0 Å². The van der Waals surface area contributed by atoms with E-state index in [1.54, 1.807) is 24.1 Å². The van der Waals surface area contributed by atoms with E-state index >= 15 is 0 Å². The minimum absolute atomic E-state index is 0.215. The first-order valence-electron chi connectivity index (χ1n) is 9.21. The molecule has 0 atom stereocenters. The molecule has 0 heterocycles. The first-order chi connectivity index (χ1) is 13.1. The second kappa shape index (κ2) is 10.3. The molecule has 0 fully saturated rings. The van der Waals surface area contributed by atoms with E-state index in [1.165, 1.54) is 0 Å². The number of ether oxygens (including phenoxy) is 3. The van der Waals surface area contributed by atoms with Crippen LogP contribution in [0.25, 0.3) is 0 Å². The Morgan fingerprint density at radius 3 is 2.00 bits per heavy atom. The predicted octanol–water partition coefficient (Wildman–Crippen LogP) is 4.55. The van der Waals surface area contributed by atoms with Crippen LogP contribution in [0.15, 0.2) is 42.5 Å². The van der Waals surface area contributed by atoms with Crippen molar-refractivity contribution in [1.29, 1.82) is 0 Å². The van der Waals surface area contributed by atoms with Gasteiger partial charge in [0.1, 0.15) is 0 Å². The highest BCUT2D eigenvalue weighted by molar-refractivity contribution is 5.90. The minimum Gasteiger partial charge on any atom is -0.490 e. The van der Waals surface area contributed by atoms with E-state index in [9.17, 15) is 4.79 Å². The number of anilines is 1. The van der Waals surface area contributed by atoms with Crippen molar-refractivity contribution < 1.29 is 19.0 Å². The largest absolute Gasteiger partial charge is 0.490 e. The standard InChI is InChI=1S/C21H28N2O4/c1-5-25-18-13-17(14-19(26-6-2)20(18)27-7-3)22-21(24)23(4)15-16-11-9-8-10-12-16/h8-14H,5-7,15H2,1-4H3,(H,22,24). The van der Waals surface area contributed by atoms with Gasteiger partial charge in [-0.3, -0.25) is 0 Å². The molecule has 0 bridgehead atoms. The Labute approximate surface area is 161 Å². The van der Waals surface area contributed by atoms with Gasteiger partial charge in [0.05, 0.1) is 25.5 Å². The summed E-state index contributed by atoms with van der Waals surface area (Å²) in [6.45, 7) is 7.67. The van der Waals surface area contributed by atoms with Gasteiger partial charge in [0, 0.05) is 25.7 Å². The molecule has 0 saturated heterocycles. The highest BCUT2D eigenvalue weighted by Crippen LogP contribution is 2.40. The molecule has 2 amide bonds. The quantitative estimate of drug-likeness (QED) is 0.702. The van der Waals surface area contributed by atoms with Crippen LogP contribution in [0.1, 0.15) is 26.3 Å². The third-order valence-corrected chi connectivity index (χ3v) is 3.77. The fraction of sp³-hybridized carbons (Fsp3) is 0.381. The summed E-state index contributed by atoms with van der Waals surface area (Å²) < 4.78 is 17.1. The highest BCUT2D eigenvalue weighted by atomic mass is 16.5. The van der Waals surface area contributed by atoms with Gasteiger partial charge in [0.25, 0.3) is 0 Å². The van der Waals surface area contributed by atoms with Crippen LogP contribution < -0.4 is 19.5 Å². The summed E-state index contributed by atoms with van der Waals surface area (Å²) >= 11 is 0. The summed E-state index contributed by atoms with van der Waals surface area (Å²) in [5.74, 6) is 1.65. The second-order valence-electron chi connectivity index (χ2n) is 5.87. The molecule has 0 aliphatic rings. The number of hydrogen-bond acceptors (Lipinski definition) is 4. The molecule has 2 aromatic carbocycles. The molecule has 1 N–H and O–H groups in total. The molecular weight excluding hydrogens is 344 g/mol. The van der Waals surface area contributed by atoms with E-state index in [0.717, 1.165) is 5.56 Å². The van der Waals surface area contributed by atoms with Crippen LogP contribution in [0.4, 0.5) is 10.5 Å². The zero-order valence-corrected chi connectivity index (χ0v) is 16.5. The summed E-state index contributed by atoms with van der Waals surface area (Å²) in [7, 11) is 1.75. The van der Waals surface area contributed by atoms with Gasteiger partial charge >= 0.3 is 6.03 Å². The molecule has 0 radical (unpaired) electrons. The minimum atomic E-state index is -0.215. The van der Waals surface area contributed by atoms with Crippen molar-refractivity contribution >= 4 is 11.7 Å². The van der Waals surface area contributed by atoms with Crippen molar-refractivity contribution in [3.05, 3.63) is 48.0 Å². The Hall–Kier alpha value is -2.89. The molecule has 0 aromatic heterocycles. The number of nitrogens with one attached hydrogen (secondary N) is 1. The lowest BCUT2D eigenvalue weighted by molar-refractivity contribution is 0.220. The summed E-state index contributed by atoms with van der Waals surface area (Å²) in [5, 5.41) is 2.90. The third kappa shape index (κ3) is 5.81. The lowest BCUT2D eigenvalue weighted by atomic mass is 10.2. The summed E-state index contributed by atoms with van der Waals surface area (Å²) in [6, 6.07) is 13.1. The molecular formula is C21H28N2O4. The summed E-state index contributed by atoms with van der Waals surface area (Å²) in [5.41, 5.74) is 1.65. The van der Waals surface area contributed by atoms with E-state index in [2.05, 4.69) is 5.32 Å². The maximum absolute atomic E-state index is 12.6. The number of hydrogen-bond donors (Lipinski definition) is 1. The second-order valence-corrected chi connectivity index (χ2v) is 5.87. The van der Waals surface area contributed by atoms with Crippen LogP contribution in [0.3, 0.4) is 0 Å². The number of amides is 2. The van der Waals surface area contributed by atoms with Crippen molar-refractivity contribution in [3.63, 3.8) is 0 Å². The number of urea groups is 1. The van der Waals surface area contributed by atoms with Crippen molar-refractivity contribution in [2.45, 2.75) is 27.3 Å². The predicted molar refractivity (Wildman–Crippen MR) is 107 cm³/mol. The molecule has 6 nitrogen and oxygen atoms in total. The number of nitrogens with zero attached hydrogens (tertiary/aromatic N) is 1. The molecule has 0 unspecified atom stereocenters. The van der Waals surface area contributed by atoms with E-state index in [-0.39, 0.29) is 6.03 Å². The van der Waals surface area contributed by atoms with Gasteiger partial charge in [-0.2, -0.15) is 0 Å². The summed E-state index contributed by atoms with van der Waals surface area (Å²) in [4.78, 5) is 14.2. The Morgan fingerprint density at radius 2 is 1.48 bits per heavy atom. The fourth-order valence-electron chi connectivity index (χ4n) is 2.61. The van der Waals surface area contributed by atoms with Gasteiger partial charge in [0.15, 0.2) is 11.5 Å². The number of rotatable bonds is 9. The molecule has 0 saturated carbocycles. The van der Waals surface area contributed by atoms with Gasteiger partial charge in [0.2, 0.25) is 5.75 Å². The SMILES string of the molecule is CCOc1cc(NC(=O)N(C)Cc2ccccc2)cc(OCC)c1OCC. The molecule has 0 spiro atoms. The average molecular weight is 372 g/mol. The van der Waals surface area contributed by atoms with Gasteiger partial charge in [-0.15, -0.1) is 0 Å². The molecule has 2 rings (SSSR count). The van der Waals surface area contributed by atoms with Crippen LogP contribution >= 0.6 is 0 Å². The monoisotopic (exact) mass is 372 g/mol. The smallest absolute Gasteiger partial charge is 0.321 e. The van der Waals surface area contributed by atoms with E-state index in [1.807, 2.05) is 51.1 Å². The van der Waals surface area contributed by atoms with Crippen molar-refractivity contribution in [2.24, 2.45) is 0 Å². The molecule has 0 aliphatic heterocycles. The van der Waals surface area contributed by atoms with Crippen LogP contribution in [0.5, 0.6) is 17.2 Å². The highest BCUT2D eigenvalue weighted by Gasteiger charge is 2.17. The number of carbonyl (C=O) groups is 1. The number of benzene rings is 2. The van der Waals surface area contributed by atoms with Crippen molar-refractivity contribution in [1.82, 2.24) is 4.90 Å². The average Bonchev–Trinajstić information content (AvgIpc) is 2.65. The van der Waals surface area contributed by atoms with Gasteiger partial charge in [-0.25, -0.2) is 4.79 Å². The van der Waals surface area contributed by atoms with Gasteiger partial charge in [-0.05, 0) is 26.3 Å². The zero-order chi connectivity index (χ0) is 19.6. The lowest BCUT2D eigenvalue weighted by Gasteiger charge is -2.20. The van der Waals surface area contributed by atoms with E-state index < -0.39 is 0 Å². The molecule has 0 aliphatic carbocycles. The molecule has 6 heteroatoms. The third-order valence-electron chi connectivity index (χ3n) is 3.77. The van der Waals surface area contributed by atoms with Gasteiger partial charge < -0.3 is 24.4 Å². The lowest BCUT2D eigenvalue weighted by Crippen LogP contribution is -2.30. The first-order valence-corrected chi connectivity index (χ1v) is 9.21. The summed E-state index contributed by atoms with van der Waals surface area (Å²) in [6.07, 6.45) is 0.